The van der Waals surface area contributed by atoms with E-state index >= 15 is 0 Å². The monoisotopic (exact) mass is 465 g/mol. The predicted octanol–water partition coefficient (Wildman–Crippen LogP) is 4.82. The molecule has 0 atom stereocenters. The van der Waals surface area contributed by atoms with Crippen molar-refractivity contribution in [2.24, 2.45) is 0 Å². The molecule has 1 heterocycles. The summed E-state index contributed by atoms with van der Waals surface area (Å²) >= 11 is 0. The van der Waals surface area contributed by atoms with Crippen molar-refractivity contribution < 1.29 is 44.7 Å². The van der Waals surface area contributed by atoms with Gasteiger partial charge in [0.05, 0.1) is 12.1 Å². The van der Waals surface area contributed by atoms with Crippen molar-refractivity contribution in [2.45, 2.75) is 12.7 Å². The number of halogens is 8. The zero-order chi connectivity index (χ0) is 23.6. The van der Waals surface area contributed by atoms with E-state index in [-0.39, 0.29) is 17.1 Å². The number of benzene rings is 2. The first-order chi connectivity index (χ1) is 15.0. The minimum Gasteiger partial charge on any atom is -0.484 e. The summed E-state index contributed by atoms with van der Waals surface area (Å²) in [5.74, 6) is -11.7. The Hall–Kier alpha value is -3.64. The third-order valence-corrected chi connectivity index (χ3v) is 4.00. The van der Waals surface area contributed by atoms with Gasteiger partial charge in [-0.1, -0.05) is 6.07 Å². The molecule has 0 spiro atoms. The predicted molar refractivity (Wildman–Crippen MR) is 93.5 cm³/mol. The summed E-state index contributed by atoms with van der Waals surface area (Å²) < 4.78 is 109. The van der Waals surface area contributed by atoms with Gasteiger partial charge >= 0.3 is 6.18 Å². The Morgan fingerprint density at radius 1 is 0.969 bits per heavy atom. The van der Waals surface area contributed by atoms with Gasteiger partial charge in [0.1, 0.15) is 5.75 Å². The van der Waals surface area contributed by atoms with E-state index in [1.165, 1.54) is 24.3 Å². The number of rotatable bonds is 6. The van der Waals surface area contributed by atoms with Gasteiger partial charge in [-0.25, -0.2) is 22.0 Å². The maximum absolute atomic E-state index is 13.8. The zero-order valence-electron chi connectivity index (χ0n) is 15.6. The molecule has 0 radical (unpaired) electrons. The highest BCUT2D eigenvalue weighted by Gasteiger charge is 2.28. The topological polar surface area (TPSA) is 56.2 Å². The number of aromatic nitrogens is 2. The Morgan fingerprint density at radius 2 is 1.59 bits per heavy atom. The van der Waals surface area contributed by atoms with E-state index in [0.29, 0.717) is 0 Å². The van der Waals surface area contributed by atoms with Gasteiger partial charge in [-0.3, -0.25) is 9.48 Å². The highest BCUT2D eigenvalue weighted by Crippen LogP contribution is 2.24. The van der Waals surface area contributed by atoms with Gasteiger partial charge in [-0.2, -0.15) is 18.3 Å². The summed E-state index contributed by atoms with van der Waals surface area (Å²) in [5, 5.41) is 6.04. The molecular formula is C19H11F8N3O2. The van der Waals surface area contributed by atoms with Crippen LogP contribution in [0.15, 0.2) is 36.5 Å². The first-order valence-electron chi connectivity index (χ1n) is 8.61. The van der Waals surface area contributed by atoms with Crippen LogP contribution in [0.1, 0.15) is 15.9 Å². The standard InChI is InChI=1S/C19H11F8N3O2/c20-13-11(14(21)16(23)17(24)15(13)22)7-30-5-4-12(29-30)28-18(31)9-2-1-3-10(6-9)32-8-19(25,26)27/h1-6H,7-8H2,(H,28,29,31). The lowest BCUT2D eigenvalue weighted by Crippen LogP contribution is -2.19. The maximum atomic E-state index is 13.8. The van der Waals surface area contributed by atoms with Crippen LogP contribution < -0.4 is 10.1 Å². The summed E-state index contributed by atoms with van der Waals surface area (Å²) in [4.78, 5) is 12.3. The molecule has 0 aliphatic carbocycles. The lowest BCUT2D eigenvalue weighted by Gasteiger charge is -2.10. The minimum atomic E-state index is -4.57. The van der Waals surface area contributed by atoms with E-state index < -0.39 is 59.9 Å². The van der Waals surface area contributed by atoms with Gasteiger partial charge in [-0.05, 0) is 18.2 Å². The van der Waals surface area contributed by atoms with Gasteiger partial charge in [0.2, 0.25) is 5.82 Å². The number of ether oxygens (including phenoxy) is 1. The molecule has 0 saturated carbocycles. The molecule has 0 fully saturated rings. The van der Waals surface area contributed by atoms with Crippen LogP contribution in [0.2, 0.25) is 0 Å². The van der Waals surface area contributed by atoms with Gasteiger partial charge in [0, 0.05) is 17.8 Å². The number of amides is 1. The Morgan fingerprint density at radius 3 is 2.22 bits per heavy atom. The summed E-state index contributed by atoms with van der Waals surface area (Å²) in [6, 6.07) is 5.99. The van der Waals surface area contributed by atoms with Crippen LogP contribution in [-0.4, -0.2) is 28.5 Å². The highest BCUT2D eigenvalue weighted by atomic mass is 19.4. The third-order valence-electron chi connectivity index (χ3n) is 4.00. The van der Waals surface area contributed by atoms with E-state index in [9.17, 15) is 39.9 Å². The molecule has 32 heavy (non-hydrogen) atoms. The van der Waals surface area contributed by atoms with Crippen molar-refractivity contribution in [3.63, 3.8) is 0 Å². The molecule has 0 unspecified atom stereocenters. The molecule has 0 bridgehead atoms. The summed E-state index contributed by atoms with van der Waals surface area (Å²) in [6.07, 6.45) is -3.46. The van der Waals surface area contributed by atoms with Crippen molar-refractivity contribution in [3.8, 4) is 5.75 Å². The Kier molecular flexibility index (Phi) is 6.37. The van der Waals surface area contributed by atoms with Crippen LogP contribution in [-0.2, 0) is 6.54 Å². The largest absolute Gasteiger partial charge is 0.484 e. The maximum Gasteiger partial charge on any atom is 0.422 e. The SMILES string of the molecule is O=C(Nc1ccn(Cc2c(F)c(F)c(F)c(F)c2F)n1)c1cccc(OCC(F)(F)F)c1. The second kappa shape index (κ2) is 8.85. The molecule has 13 heteroatoms. The molecule has 0 aliphatic rings. The van der Waals surface area contributed by atoms with Crippen molar-refractivity contribution in [2.75, 3.05) is 11.9 Å². The number of anilines is 1. The molecule has 170 valence electrons. The van der Waals surface area contributed by atoms with E-state index in [2.05, 4.69) is 15.2 Å². The Bertz CT molecular complexity index is 1130. The van der Waals surface area contributed by atoms with Gasteiger partial charge in [0.15, 0.2) is 35.7 Å². The number of nitrogens with one attached hydrogen (secondary N) is 1. The molecule has 2 aromatic carbocycles. The lowest BCUT2D eigenvalue weighted by molar-refractivity contribution is -0.153. The number of nitrogens with zero attached hydrogens (tertiary/aromatic N) is 2. The van der Waals surface area contributed by atoms with Crippen molar-refractivity contribution >= 4 is 11.7 Å². The first-order valence-corrected chi connectivity index (χ1v) is 8.61. The molecule has 3 aromatic rings. The second-order valence-electron chi connectivity index (χ2n) is 6.33. The fraction of sp³-hybridized carbons (Fsp3) is 0.158. The minimum absolute atomic E-state index is 0.0843. The van der Waals surface area contributed by atoms with Crippen molar-refractivity contribution in [1.29, 1.82) is 0 Å². The van der Waals surface area contributed by atoms with Gasteiger partial charge in [0.25, 0.3) is 5.91 Å². The van der Waals surface area contributed by atoms with Crippen molar-refractivity contribution in [3.05, 3.63) is 76.7 Å². The number of carbonyl (C=O) groups excluding carboxylic acids is 1. The van der Waals surface area contributed by atoms with E-state index in [1.807, 2.05) is 0 Å². The van der Waals surface area contributed by atoms with Crippen molar-refractivity contribution in [1.82, 2.24) is 9.78 Å². The van der Waals surface area contributed by atoms with Crippen LogP contribution in [0, 0.1) is 29.1 Å². The second-order valence-corrected chi connectivity index (χ2v) is 6.33. The molecule has 0 saturated heterocycles. The molecule has 1 N–H and O–H groups in total. The molecule has 0 aliphatic heterocycles. The van der Waals surface area contributed by atoms with E-state index in [0.717, 1.165) is 16.9 Å². The number of alkyl halides is 3. The quantitative estimate of drug-likeness (QED) is 0.323. The summed E-state index contributed by atoms with van der Waals surface area (Å²) in [6.45, 7) is -2.39. The Balaban J connectivity index is 1.72. The Labute approximate surface area is 174 Å². The summed E-state index contributed by atoms with van der Waals surface area (Å²) in [5.41, 5.74) is -1.21. The lowest BCUT2D eigenvalue weighted by atomic mass is 10.1. The number of hydrogen-bond acceptors (Lipinski definition) is 3. The molecule has 1 amide bonds. The molecule has 3 rings (SSSR count). The van der Waals surface area contributed by atoms with Crippen LogP contribution in [0.4, 0.5) is 40.9 Å². The number of carbonyl (C=O) groups is 1. The smallest absolute Gasteiger partial charge is 0.422 e. The highest BCUT2D eigenvalue weighted by molar-refractivity contribution is 6.03. The molecule has 5 nitrogen and oxygen atoms in total. The van der Waals surface area contributed by atoms with E-state index in [1.54, 1.807) is 0 Å². The summed E-state index contributed by atoms with van der Waals surface area (Å²) in [7, 11) is 0. The van der Waals surface area contributed by atoms with Crippen LogP contribution in [0.5, 0.6) is 5.75 Å². The van der Waals surface area contributed by atoms with Gasteiger partial charge < -0.3 is 10.1 Å². The van der Waals surface area contributed by atoms with Crippen LogP contribution >= 0.6 is 0 Å². The first kappa shape index (κ1) is 23.0. The van der Waals surface area contributed by atoms with Crippen LogP contribution in [0.3, 0.4) is 0 Å². The fourth-order valence-corrected chi connectivity index (χ4v) is 2.55. The molecular weight excluding hydrogens is 454 g/mol. The normalized spacial score (nSPS) is 11.5. The number of hydrogen-bond donors (Lipinski definition) is 1. The molecule has 1 aromatic heterocycles. The average Bonchev–Trinajstić information content (AvgIpc) is 3.19. The van der Waals surface area contributed by atoms with Crippen LogP contribution in [0.25, 0.3) is 0 Å². The fourth-order valence-electron chi connectivity index (χ4n) is 2.55. The third kappa shape index (κ3) is 5.15. The van der Waals surface area contributed by atoms with Gasteiger partial charge in [-0.15, -0.1) is 0 Å². The average molecular weight is 465 g/mol. The zero-order valence-corrected chi connectivity index (χ0v) is 15.6. The van der Waals surface area contributed by atoms with E-state index in [4.69, 9.17) is 0 Å².